The Morgan fingerprint density at radius 3 is 2.00 bits per heavy atom. The number of benzene rings is 1. The van der Waals surface area contributed by atoms with E-state index in [0.717, 1.165) is 30.9 Å². The van der Waals surface area contributed by atoms with Crippen molar-refractivity contribution in [3.8, 4) is 0 Å². The summed E-state index contributed by atoms with van der Waals surface area (Å²) in [5.41, 5.74) is 0.759. The lowest BCUT2D eigenvalue weighted by Crippen LogP contribution is -2.34. The van der Waals surface area contributed by atoms with Crippen molar-refractivity contribution in [1.29, 1.82) is 0 Å². The van der Waals surface area contributed by atoms with Crippen molar-refractivity contribution in [2.45, 2.75) is 64.1 Å². The highest BCUT2D eigenvalue weighted by Crippen LogP contribution is 2.24. The predicted molar refractivity (Wildman–Crippen MR) is 87.1 cm³/mol. The Hall–Kier alpha value is -0.743. The summed E-state index contributed by atoms with van der Waals surface area (Å²) in [7, 11) is 0.403. The van der Waals surface area contributed by atoms with Gasteiger partial charge in [-0.05, 0) is 48.7 Å². The third-order valence-corrected chi connectivity index (χ3v) is 9.20. The first-order chi connectivity index (χ1) is 10.0. The van der Waals surface area contributed by atoms with E-state index < -0.39 is 20.0 Å². The second-order valence-corrected chi connectivity index (χ2v) is 10.5. The first-order valence-electron chi connectivity index (χ1n) is 8.05. The molecule has 0 atom stereocenters. The minimum atomic E-state index is -1.46. The molecule has 0 bridgehead atoms. The molecule has 120 valence electrons. The van der Waals surface area contributed by atoms with Crippen molar-refractivity contribution >= 4 is 8.32 Å². The van der Waals surface area contributed by atoms with Crippen LogP contribution in [0, 0.1) is 11.6 Å². The van der Waals surface area contributed by atoms with Gasteiger partial charge in [-0.25, -0.2) is 8.78 Å². The van der Waals surface area contributed by atoms with Crippen LogP contribution in [0.15, 0.2) is 18.2 Å². The minimum absolute atomic E-state index is 0.480. The van der Waals surface area contributed by atoms with Gasteiger partial charge in [0.25, 0.3) is 0 Å². The summed E-state index contributed by atoms with van der Waals surface area (Å²) >= 11 is 0. The van der Waals surface area contributed by atoms with Crippen molar-refractivity contribution in [3.63, 3.8) is 0 Å². The molecule has 0 heterocycles. The van der Waals surface area contributed by atoms with E-state index in [4.69, 9.17) is 4.43 Å². The molecule has 0 aromatic heterocycles. The molecule has 0 unspecified atom stereocenters. The van der Waals surface area contributed by atoms with Crippen LogP contribution < -0.4 is 0 Å². The molecule has 1 aromatic carbocycles. The molecule has 4 heteroatoms. The van der Waals surface area contributed by atoms with Gasteiger partial charge in [0, 0.05) is 13.2 Å². The monoisotopic (exact) mass is 314 g/mol. The van der Waals surface area contributed by atoms with Gasteiger partial charge in [0.15, 0.2) is 8.32 Å². The summed E-state index contributed by atoms with van der Waals surface area (Å²) in [6.45, 7) is 4.47. The van der Waals surface area contributed by atoms with E-state index in [1.54, 1.807) is 0 Å². The standard InChI is InChI=1S/C17H28F2OSi/c1-4-21(5-2,20-3)11-9-7-6-8-10-15-12-16(18)14-17(19)13-15/h12-14H,4-11H2,1-3H3. The van der Waals surface area contributed by atoms with Crippen LogP contribution in [0.2, 0.25) is 18.1 Å². The molecule has 1 aromatic rings. The lowest BCUT2D eigenvalue weighted by Gasteiger charge is -2.27. The van der Waals surface area contributed by atoms with Crippen LogP contribution >= 0.6 is 0 Å². The lowest BCUT2D eigenvalue weighted by atomic mass is 10.1. The van der Waals surface area contributed by atoms with Crippen LogP contribution in [0.5, 0.6) is 0 Å². The molecule has 0 fully saturated rings. The Morgan fingerprint density at radius 2 is 1.48 bits per heavy atom. The van der Waals surface area contributed by atoms with E-state index in [2.05, 4.69) is 13.8 Å². The summed E-state index contributed by atoms with van der Waals surface area (Å²) in [6, 6.07) is 7.38. The van der Waals surface area contributed by atoms with Crippen LogP contribution in [0.25, 0.3) is 0 Å². The maximum Gasteiger partial charge on any atom is 0.191 e. The molecule has 1 rings (SSSR count). The molecule has 0 N–H and O–H groups in total. The Bertz CT molecular complexity index is 391. The number of rotatable bonds is 10. The van der Waals surface area contributed by atoms with E-state index >= 15 is 0 Å². The highest BCUT2D eigenvalue weighted by atomic mass is 28.4. The van der Waals surface area contributed by atoms with Crippen LogP contribution in [-0.2, 0) is 10.8 Å². The van der Waals surface area contributed by atoms with Crippen molar-refractivity contribution in [3.05, 3.63) is 35.4 Å². The zero-order chi connectivity index (χ0) is 15.7. The number of aryl methyl sites for hydroxylation is 1. The van der Waals surface area contributed by atoms with Gasteiger partial charge in [-0.2, -0.15) is 0 Å². The molecule has 1 nitrogen and oxygen atoms in total. The fourth-order valence-corrected chi connectivity index (χ4v) is 5.76. The summed E-state index contributed by atoms with van der Waals surface area (Å²) in [4.78, 5) is 0. The van der Waals surface area contributed by atoms with Crippen molar-refractivity contribution in [2.75, 3.05) is 7.11 Å². The normalized spacial score (nSPS) is 11.9. The topological polar surface area (TPSA) is 9.23 Å². The van der Waals surface area contributed by atoms with Gasteiger partial charge in [0.05, 0.1) is 0 Å². The number of halogens is 2. The Balaban J connectivity index is 2.23. The van der Waals surface area contributed by atoms with E-state index in [1.807, 2.05) is 7.11 Å². The molecule has 0 aliphatic carbocycles. The first kappa shape index (κ1) is 18.3. The minimum Gasteiger partial charge on any atom is -0.420 e. The molecule has 0 amide bonds. The van der Waals surface area contributed by atoms with Crippen LogP contribution in [-0.4, -0.2) is 15.4 Å². The Labute approximate surface area is 128 Å². The lowest BCUT2D eigenvalue weighted by molar-refractivity contribution is 0.389. The molecule has 0 aliphatic heterocycles. The summed E-state index contributed by atoms with van der Waals surface area (Å²) in [5.74, 6) is -0.960. The van der Waals surface area contributed by atoms with E-state index in [9.17, 15) is 8.78 Å². The molecule has 0 radical (unpaired) electrons. The van der Waals surface area contributed by atoms with Crippen LogP contribution in [0.1, 0.15) is 45.1 Å². The van der Waals surface area contributed by atoms with Gasteiger partial charge in [0.2, 0.25) is 0 Å². The molecule has 0 saturated carbocycles. The molecule has 0 aliphatic rings. The second-order valence-electron chi connectivity index (χ2n) is 5.79. The predicted octanol–water partition coefficient (Wildman–Crippen LogP) is 5.70. The molecular formula is C17H28F2OSi. The maximum atomic E-state index is 13.1. The van der Waals surface area contributed by atoms with Gasteiger partial charge >= 0.3 is 0 Å². The summed E-state index contributed by atoms with van der Waals surface area (Å²) < 4.78 is 31.9. The van der Waals surface area contributed by atoms with Crippen LogP contribution in [0.4, 0.5) is 8.78 Å². The summed E-state index contributed by atoms with van der Waals surface area (Å²) in [6.07, 6.45) is 5.24. The maximum absolute atomic E-state index is 13.1. The molecular weight excluding hydrogens is 286 g/mol. The zero-order valence-electron chi connectivity index (χ0n) is 13.6. The number of hydrogen-bond donors (Lipinski definition) is 0. The van der Waals surface area contributed by atoms with Crippen molar-refractivity contribution in [1.82, 2.24) is 0 Å². The van der Waals surface area contributed by atoms with Gasteiger partial charge in [-0.15, -0.1) is 0 Å². The van der Waals surface area contributed by atoms with Gasteiger partial charge in [-0.1, -0.05) is 33.1 Å². The van der Waals surface area contributed by atoms with E-state index in [-0.39, 0.29) is 0 Å². The fraction of sp³-hybridized carbons (Fsp3) is 0.647. The fourth-order valence-electron chi connectivity index (χ4n) is 2.88. The van der Waals surface area contributed by atoms with E-state index in [1.165, 1.54) is 43.1 Å². The number of hydrogen-bond acceptors (Lipinski definition) is 1. The van der Waals surface area contributed by atoms with Crippen LogP contribution in [0.3, 0.4) is 0 Å². The second kappa shape index (κ2) is 9.31. The Kier molecular flexibility index (Phi) is 8.12. The number of unbranched alkanes of at least 4 members (excludes halogenated alkanes) is 3. The van der Waals surface area contributed by atoms with Gasteiger partial charge in [-0.3, -0.25) is 0 Å². The average molecular weight is 314 g/mol. The quantitative estimate of drug-likeness (QED) is 0.397. The Morgan fingerprint density at radius 1 is 0.905 bits per heavy atom. The highest BCUT2D eigenvalue weighted by Gasteiger charge is 2.28. The van der Waals surface area contributed by atoms with Gasteiger partial charge in [0.1, 0.15) is 11.6 Å². The third-order valence-electron chi connectivity index (χ3n) is 4.49. The van der Waals surface area contributed by atoms with Crippen molar-refractivity contribution in [2.24, 2.45) is 0 Å². The summed E-state index contributed by atoms with van der Waals surface area (Å²) in [5, 5.41) is 0. The van der Waals surface area contributed by atoms with E-state index in [0.29, 0.717) is 0 Å². The van der Waals surface area contributed by atoms with Crippen molar-refractivity contribution < 1.29 is 13.2 Å². The molecule has 21 heavy (non-hydrogen) atoms. The van der Waals surface area contributed by atoms with Gasteiger partial charge < -0.3 is 4.43 Å². The first-order valence-corrected chi connectivity index (χ1v) is 10.6. The molecule has 0 spiro atoms. The SMILES string of the molecule is CC[Si](CC)(CCCCCCc1cc(F)cc(F)c1)OC. The highest BCUT2D eigenvalue weighted by molar-refractivity contribution is 6.73. The molecule has 0 saturated heterocycles. The average Bonchev–Trinajstić information content (AvgIpc) is 2.46. The zero-order valence-corrected chi connectivity index (χ0v) is 14.6. The largest absolute Gasteiger partial charge is 0.420 e. The third kappa shape index (κ3) is 6.26. The smallest absolute Gasteiger partial charge is 0.191 e.